The van der Waals surface area contributed by atoms with Crippen LogP contribution in [-0.2, 0) is 4.79 Å². The summed E-state index contributed by atoms with van der Waals surface area (Å²) in [5, 5.41) is 5.92. The van der Waals surface area contributed by atoms with Crippen LogP contribution in [0.3, 0.4) is 0 Å². The molecule has 0 aliphatic heterocycles. The molecular weight excluding hydrogens is 316 g/mol. The number of carbonyl (C=O) groups is 1. The first-order valence-corrected chi connectivity index (χ1v) is 8.31. The number of rotatable bonds is 10. The number of benzene rings is 2. The van der Waals surface area contributed by atoms with E-state index in [1.807, 2.05) is 48.5 Å². The number of hydrogen-bond donors (Lipinski definition) is 2. The van der Waals surface area contributed by atoms with Gasteiger partial charge in [0.1, 0.15) is 18.1 Å². The summed E-state index contributed by atoms with van der Waals surface area (Å²) in [6, 6.07) is 14.8. The molecule has 0 saturated carbocycles. The molecule has 0 aromatic heterocycles. The van der Waals surface area contributed by atoms with Crippen LogP contribution in [0.5, 0.6) is 11.5 Å². The Morgan fingerprint density at radius 2 is 1.88 bits per heavy atom. The average Bonchev–Trinajstić information content (AvgIpc) is 2.64. The summed E-state index contributed by atoms with van der Waals surface area (Å²) in [7, 11) is 0. The normalized spacial score (nSPS) is 9.96. The lowest BCUT2D eigenvalue weighted by molar-refractivity contribution is -0.114. The second-order valence-corrected chi connectivity index (χ2v) is 5.40. The third-order valence-corrected chi connectivity index (χ3v) is 3.27. The van der Waals surface area contributed by atoms with Gasteiger partial charge in [-0.05, 0) is 42.8 Å². The van der Waals surface area contributed by atoms with Crippen molar-refractivity contribution in [1.82, 2.24) is 0 Å². The minimum Gasteiger partial charge on any atom is -0.494 e. The second kappa shape index (κ2) is 10.0. The molecule has 0 unspecified atom stereocenters. The molecule has 132 valence electrons. The summed E-state index contributed by atoms with van der Waals surface area (Å²) >= 11 is 0. The Morgan fingerprint density at radius 1 is 1.08 bits per heavy atom. The summed E-state index contributed by atoms with van der Waals surface area (Å²) in [4.78, 5) is 12.1. The zero-order valence-electron chi connectivity index (χ0n) is 14.5. The Labute approximate surface area is 148 Å². The van der Waals surface area contributed by atoms with Crippen LogP contribution in [0.4, 0.5) is 11.4 Å². The Balaban J connectivity index is 1.81. The summed E-state index contributed by atoms with van der Waals surface area (Å²) in [5.74, 6) is 1.40. The van der Waals surface area contributed by atoms with Gasteiger partial charge in [0.05, 0.1) is 13.2 Å². The minimum absolute atomic E-state index is 0.125. The predicted molar refractivity (Wildman–Crippen MR) is 101 cm³/mol. The largest absolute Gasteiger partial charge is 0.494 e. The molecule has 0 bridgehead atoms. The Hall–Kier alpha value is -2.95. The number of hydrogen-bond acceptors (Lipinski definition) is 4. The lowest BCUT2D eigenvalue weighted by Gasteiger charge is -2.10. The highest BCUT2D eigenvalue weighted by atomic mass is 16.5. The van der Waals surface area contributed by atoms with E-state index in [9.17, 15) is 4.79 Å². The first-order valence-electron chi connectivity index (χ1n) is 8.31. The lowest BCUT2D eigenvalue weighted by Crippen LogP contribution is -2.21. The summed E-state index contributed by atoms with van der Waals surface area (Å²) in [6.07, 6.45) is 2.65. The van der Waals surface area contributed by atoms with Crippen molar-refractivity contribution < 1.29 is 14.3 Å². The molecule has 0 saturated heterocycles. The van der Waals surface area contributed by atoms with Gasteiger partial charge in [-0.25, -0.2) is 0 Å². The van der Waals surface area contributed by atoms with Crippen molar-refractivity contribution in [2.75, 3.05) is 30.4 Å². The molecule has 1 amide bonds. The Morgan fingerprint density at radius 3 is 2.60 bits per heavy atom. The molecule has 0 atom stereocenters. The molecule has 2 rings (SSSR count). The quantitative estimate of drug-likeness (QED) is 0.640. The third kappa shape index (κ3) is 6.59. The average molecular weight is 340 g/mol. The molecule has 0 aliphatic rings. The topological polar surface area (TPSA) is 59.6 Å². The Kier molecular flexibility index (Phi) is 7.38. The summed E-state index contributed by atoms with van der Waals surface area (Å²) in [5.41, 5.74) is 1.55. The maximum absolute atomic E-state index is 12.1. The van der Waals surface area contributed by atoms with Gasteiger partial charge < -0.3 is 20.1 Å². The standard InChI is InChI=1S/C20H24N2O3/c1-3-12-24-18-10-8-16(9-11-18)22-20(23)15-21-17-6-5-7-19(14-17)25-13-4-2/h4-11,14,21H,2-3,12-13,15H2,1H3,(H,22,23). The van der Waals surface area contributed by atoms with Gasteiger partial charge in [0.15, 0.2) is 0 Å². The molecule has 0 fully saturated rings. The summed E-state index contributed by atoms with van der Waals surface area (Å²) < 4.78 is 11.0. The number of ether oxygens (including phenoxy) is 2. The smallest absolute Gasteiger partial charge is 0.243 e. The molecule has 0 aliphatic carbocycles. The molecule has 5 heteroatoms. The van der Waals surface area contributed by atoms with Gasteiger partial charge in [-0.3, -0.25) is 4.79 Å². The molecule has 0 spiro atoms. The number of nitrogens with one attached hydrogen (secondary N) is 2. The van der Waals surface area contributed by atoms with Gasteiger partial charge in [-0.1, -0.05) is 25.6 Å². The fourth-order valence-corrected chi connectivity index (χ4v) is 2.09. The van der Waals surface area contributed by atoms with Crippen molar-refractivity contribution in [2.45, 2.75) is 13.3 Å². The first-order chi connectivity index (χ1) is 12.2. The van der Waals surface area contributed by atoms with E-state index in [-0.39, 0.29) is 12.5 Å². The third-order valence-electron chi connectivity index (χ3n) is 3.27. The van der Waals surface area contributed by atoms with Crippen LogP contribution in [0.1, 0.15) is 13.3 Å². The van der Waals surface area contributed by atoms with Crippen molar-refractivity contribution >= 4 is 17.3 Å². The zero-order valence-corrected chi connectivity index (χ0v) is 14.5. The van der Waals surface area contributed by atoms with Gasteiger partial charge in [0.25, 0.3) is 0 Å². The van der Waals surface area contributed by atoms with Crippen LogP contribution < -0.4 is 20.1 Å². The van der Waals surface area contributed by atoms with Crippen LogP contribution in [0.2, 0.25) is 0 Å². The van der Waals surface area contributed by atoms with Gasteiger partial charge in [0, 0.05) is 17.4 Å². The minimum atomic E-state index is -0.125. The van der Waals surface area contributed by atoms with Gasteiger partial charge in [-0.15, -0.1) is 0 Å². The molecule has 2 N–H and O–H groups in total. The fraction of sp³-hybridized carbons (Fsp3) is 0.250. The van der Waals surface area contributed by atoms with Crippen LogP contribution in [0.25, 0.3) is 0 Å². The molecule has 5 nitrogen and oxygen atoms in total. The van der Waals surface area contributed by atoms with Crippen LogP contribution >= 0.6 is 0 Å². The van der Waals surface area contributed by atoms with Crippen molar-refractivity contribution in [1.29, 1.82) is 0 Å². The lowest BCUT2D eigenvalue weighted by atomic mass is 10.3. The zero-order chi connectivity index (χ0) is 17.9. The van der Waals surface area contributed by atoms with Crippen LogP contribution in [0.15, 0.2) is 61.2 Å². The monoisotopic (exact) mass is 340 g/mol. The molecule has 0 radical (unpaired) electrons. The van der Waals surface area contributed by atoms with E-state index >= 15 is 0 Å². The SMILES string of the molecule is C=CCOc1cccc(NCC(=O)Nc2ccc(OCCC)cc2)c1. The summed E-state index contributed by atoms with van der Waals surface area (Å²) in [6.45, 7) is 6.97. The first kappa shape index (κ1) is 18.4. The molecule has 25 heavy (non-hydrogen) atoms. The maximum atomic E-state index is 12.1. The van der Waals surface area contributed by atoms with Gasteiger partial charge >= 0.3 is 0 Å². The van der Waals surface area contributed by atoms with Crippen molar-refractivity contribution in [2.24, 2.45) is 0 Å². The van der Waals surface area contributed by atoms with E-state index in [1.54, 1.807) is 6.08 Å². The molecule has 0 heterocycles. The fourth-order valence-electron chi connectivity index (χ4n) is 2.09. The van der Waals surface area contributed by atoms with E-state index in [0.717, 1.165) is 29.3 Å². The van der Waals surface area contributed by atoms with Gasteiger partial charge in [-0.2, -0.15) is 0 Å². The van der Waals surface area contributed by atoms with Crippen molar-refractivity contribution in [3.8, 4) is 11.5 Å². The molecular formula is C20H24N2O3. The van der Waals surface area contributed by atoms with Crippen molar-refractivity contribution in [3.05, 3.63) is 61.2 Å². The van der Waals surface area contributed by atoms with Crippen LogP contribution in [0, 0.1) is 0 Å². The second-order valence-electron chi connectivity index (χ2n) is 5.40. The highest BCUT2D eigenvalue weighted by Gasteiger charge is 2.03. The van der Waals surface area contributed by atoms with E-state index in [4.69, 9.17) is 9.47 Å². The number of amides is 1. The van der Waals surface area contributed by atoms with Crippen LogP contribution in [-0.4, -0.2) is 25.7 Å². The van der Waals surface area contributed by atoms with Crippen molar-refractivity contribution in [3.63, 3.8) is 0 Å². The predicted octanol–water partition coefficient (Wildman–Crippen LogP) is 4.09. The number of anilines is 2. The number of carbonyl (C=O) groups excluding carboxylic acids is 1. The van der Waals surface area contributed by atoms with E-state index in [2.05, 4.69) is 24.1 Å². The highest BCUT2D eigenvalue weighted by molar-refractivity contribution is 5.93. The molecule has 2 aromatic carbocycles. The van der Waals surface area contributed by atoms with E-state index in [0.29, 0.717) is 13.2 Å². The van der Waals surface area contributed by atoms with E-state index in [1.165, 1.54) is 0 Å². The van der Waals surface area contributed by atoms with Gasteiger partial charge in [0.2, 0.25) is 5.91 Å². The molecule has 2 aromatic rings. The maximum Gasteiger partial charge on any atom is 0.243 e. The van der Waals surface area contributed by atoms with E-state index < -0.39 is 0 Å². The highest BCUT2D eigenvalue weighted by Crippen LogP contribution is 2.18. The Bertz CT molecular complexity index is 684.